The first-order valence-corrected chi connectivity index (χ1v) is 11.0. The number of amides is 2. The Morgan fingerprint density at radius 3 is 2.19 bits per heavy atom. The summed E-state index contributed by atoms with van der Waals surface area (Å²) in [5, 5.41) is 12.0. The molecule has 2 aromatic rings. The van der Waals surface area contributed by atoms with Crippen LogP contribution < -0.4 is 5.32 Å². The van der Waals surface area contributed by atoms with Crippen molar-refractivity contribution in [2.24, 2.45) is 11.8 Å². The maximum Gasteiger partial charge on any atom is 0.407 e. The summed E-state index contributed by atoms with van der Waals surface area (Å²) >= 11 is 0. The van der Waals surface area contributed by atoms with Gasteiger partial charge in [-0.15, -0.1) is 0 Å². The van der Waals surface area contributed by atoms with Crippen LogP contribution in [0.4, 0.5) is 4.79 Å². The minimum absolute atomic E-state index is 0.0558. The van der Waals surface area contributed by atoms with Crippen LogP contribution in [0.5, 0.6) is 0 Å². The topological polar surface area (TPSA) is 95.9 Å². The van der Waals surface area contributed by atoms with E-state index in [9.17, 15) is 19.5 Å². The average Bonchev–Trinajstić information content (AvgIpc) is 3.34. The second-order valence-corrected chi connectivity index (χ2v) is 8.60. The summed E-state index contributed by atoms with van der Waals surface area (Å²) in [6, 6.07) is 15.4. The lowest BCUT2D eigenvalue weighted by Gasteiger charge is -2.23. The average molecular weight is 437 g/mol. The molecule has 7 nitrogen and oxygen atoms in total. The van der Waals surface area contributed by atoms with Gasteiger partial charge < -0.3 is 20.1 Å². The zero-order valence-corrected chi connectivity index (χ0v) is 18.3. The van der Waals surface area contributed by atoms with Crippen LogP contribution in [0.3, 0.4) is 0 Å². The number of carbonyl (C=O) groups is 3. The lowest BCUT2D eigenvalue weighted by atomic mass is 9.98. The molecule has 2 aromatic carbocycles. The Morgan fingerprint density at radius 2 is 1.66 bits per heavy atom. The van der Waals surface area contributed by atoms with E-state index in [0.717, 1.165) is 22.3 Å². The normalized spacial score (nSPS) is 20.4. The number of likely N-dealkylation sites (tertiary alicyclic amines) is 1. The molecule has 7 heteroatoms. The third kappa shape index (κ3) is 4.07. The number of fused-ring (bicyclic) bond motifs is 3. The zero-order valence-electron chi connectivity index (χ0n) is 18.3. The number of aliphatic carboxylic acids is 1. The molecule has 0 bridgehead atoms. The van der Waals surface area contributed by atoms with Crippen LogP contribution in [0, 0.1) is 11.8 Å². The third-order valence-corrected chi connectivity index (χ3v) is 6.58. The quantitative estimate of drug-likeness (QED) is 0.723. The number of carboxylic acids is 1. The number of hydrogen-bond donors (Lipinski definition) is 2. The fourth-order valence-electron chi connectivity index (χ4n) is 4.81. The van der Waals surface area contributed by atoms with Crippen LogP contribution in [0.2, 0.25) is 0 Å². The van der Waals surface area contributed by atoms with Crippen LogP contribution in [0.1, 0.15) is 37.3 Å². The first-order valence-electron chi connectivity index (χ1n) is 11.0. The molecular formula is C25H28N2O5. The molecule has 0 saturated carbocycles. The van der Waals surface area contributed by atoms with E-state index in [1.165, 1.54) is 4.90 Å². The summed E-state index contributed by atoms with van der Waals surface area (Å²) in [5.74, 6) is -1.92. The molecule has 0 spiro atoms. The van der Waals surface area contributed by atoms with Gasteiger partial charge in [-0.3, -0.25) is 9.59 Å². The van der Waals surface area contributed by atoms with Gasteiger partial charge in [0.25, 0.3) is 0 Å². The molecule has 32 heavy (non-hydrogen) atoms. The summed E-state index contributed by atoms with van der Waals surface area (Å²) in [6.45, 7) is 4.34. The molecule has 1 fully saturated rings. The minimum atomic E-state index is -0.898. The first kappa shape index (κ1) is 21.9. The van der Waals surface area contributed by atoms with Crippen molar-refractivity contribution in [1.29, 1.82) is 0 Å². The monoisotopic (exact) mass is 436 g/mol. The van der Waals surface area contributed by atoms with Gasteiger partial charge in [0, 0.05) is 19.0 Å². The lowest BCUT2D eigenvalue weighted by molar-refractivity contribution is -0.142. The molecule has 1 saturated heterocycles. The first-order chi connectivity index (χ1) is 15.4. The van der Waals surface area contributed by atoms with Crippen LogP contribution >= 0.6 is 0 Å². The maximum absolute atomic E-state index is 12.9. The molecular weight excluding hydrogens is 408 g/mol. The van der Waals surface area contributed by atoms with E-state index < -0.39 is 24.0 Å². The number of nitrogens with zero attached hydrogens (tertiary/aromatic N) is 1. The highest BCUT2D eigenvalue weighted by Gasteiger charge is 2.39. The van der Waals surface area contributed by atoms with Gasteiger partial charge in [0.2, 0.25) is 5.91 Å². The molecule has 1 unspecified atom stereocenters. The van der Waals surface area contributed by atoms with E-state index in [2.05, 4.69) is 17.4 Å². The number of carbonyl (C=O) groups excluding carboxylic acids is 2. The zero-order chi connectivity index (χ0) is 22.8. The highest BCUT2D eigenvalue weighted by atomic mass is 16.5. The van der Waals surface area contributed by atoms with Crippen molar-refractivity contribution in [2.45, 2.75) is 32.2 Å². The fourth-order valence-corrected chi connectivity index (χ4v) is 4.81. The van der Waals surface area contributed by atoms with E-state index >= 15 is 0 Å². The molecule has 2 N–H and O–H groups in total. The molecule has 0 aromatic heterocycles. The Labute approximate surface area is 187 Å². The van der Waals surface area contributed by atoms with Gasteiger partial charge in [-0.1, -0.05) is 62.4 Å². The highest BCUT2D eigenvalue weighted by Crippen LogP contribution is 2.44. The summed E-state index contributed by atoms with van der Waals surface area (Å²) in [7, 11) is 0. The van der Waals surface area contributed by atoms with Gasteiger partial charge in [0.15, 0.2) is 0 Å². The maximum atomic E-state index is 12.9. The molecule has 3 atom stereocenters. The van der Waals surface area contributed by atoms with E-state index in [1.54, 1.807) is 6.92 Å². The van der Waals surface area contributed by atoms with Crippen LogP contribution in [-0.2, 0) is 14.3 Å². The second-order valence-electron chi connectivity index (χ2n) is 8.60. The van der Waals surface area contributed by atoms with Gasteiger partial charge >= 0.3 is 12.1 Å². The molecule has 168 valence electrons. The largest absolute Gasteiger partial charge is 0.481 e. The van der Waals surface area contributed by atoms with Crippen molar-refractivity contribution in [3.63, 3.8) is 0 Å². The number of benzene rings is 2. The fraction of sp³-hybridized carbons (Fsp3) is 0.400. The lowest BCUT2D eigenvalue weighted by Crippen LogP contribution is -2.48. The third-order valence-electron chi connectivity index (χ3n) is 6.58. The van der Waals surface area contributed by atoms with Gasteiger partial charge in [-0.25, -0.2) is 4.79 Å². The van der Waals surface area contributed by atoms with Gasteiger partial charge in [-0.2, -0.15) is 0 Å². The molecule has 1 aliphatic heterocycles. The number of alkyl carbamates (subject to hydrolysis) is 1. The number of hydrogen-bond acceptors (Lipinski definition) is 4. The number of nitrogens with one attached hydrogen (secondary N) is 1. The predicted molar refractivity (Wildman–Crippen MR) is 119 cm³/mol. The Kier molecular flexibility index (Phi) is 6.17. The van der Waals surface area contributed by atoms with E-state index in [1.807, 2.05) is 43.3 Å². The Bertz CT molecular complexity index is 991. The van der Waals surface area contributed by atoms with E-state index in [0.29, 0.717) is 13.0 Å². The second kappa shape index (κ2) is 9.02. The standard InChI is InChI=1S/C25H28N2O5/c1-3-22(23(28)27-12-15(2)20(13-27)24(29)30)26-25(31)32-14-21-18-10-6-4-8-16(18)17-9-5-7-11-19(17)21/h4-11,15,20-22H,3,12-14H2,1-2H3,(H,26,31)(H,29,30)/t15-,20-,22?/m0/s1. The summed E-state index contributed by atoms with van der Waals surface area (Å²) in [5.41, 5.74) is 4.54. The number of ether oxygens (including phenoxy) is 1. The summed E-state index contributed by atoms with van der Waals surface area (Å²) in [6.07, 6.45) is -0.250. The highest BCUT2D eigenvalue weighted by molar-refractivity contribution is 5.87. The van der Waals surface area contributed by atoms with E-state index in [-0.39, 0.29) is 30.9 Å². The molecule has 0 radical (unpaired) electrons. The predicted octanol–water partition coefficient (Wildman–Crippen LogP) is 3.48. The smallest absolute Gasteiger partial charge is 0.407 e. The van der Waals surface area contributed by atoms with Crippen molar-refractivity contribution in [3.8, 4) is 11.1 Å². The van der Waals surface area contributed by atoms with Crippen molar-refractivity contribution < 1.29 is 24.2 Å². The van der Waals surface area contributed by atoms with E-state index in [4.69, 9.17) is 4.74 Å². The Morgan fingerprint density at radius 1 is 1.06 bits per heavy atom. The van der Waals surface area contributed by atoms with Gasteiger partial charge in [0.05, 0.1) is 5.92 Å². The number of rotatable bonds is 6. The Balaban J connectivity index is 1.38. The van der Waals surface area contributed by atoms with Gasteiger partial charge in [0.1, 0.15) is 12.6 Å². The number of carboxylic acid groups (broad SMARTS) is 1. The van der Waals surface area contributed by atoms with Crippen LogP contribution in [0.25, 0.3) is 11.1 Å². The van der Waals surface area contributed by atoms with Crippen molar-refractivity contribution in [3.05, 3.63) is 59.7 Å². The molecule has 2 amide bonds. The van der Waals surface area contributed by atoms with Crippen molar-refractivity contribution in [2.75, 3.05) is 19.7 Å². The van der Waals surface area contributed by atoms with Crippen molar-refractivity contribution >= 4 is 18.0 Å². The molecule has 4 rings (SSSR count). The summed E-state index contributed by atoms with van der Waals surface area (Å²) < 4.78 is 5.55. The molecule has 1 aliphatic carbocycles. The molecule has 1 heterocycles. The Hall–Kier alpha value is -3.35. The van der Waals surface area contributed by atoms with Crippen LogP contribution in [0.15, 0.2) is 48.5 Å². The van der Waals surface area contributed by atoms with Crippen molar-refractivity contribution in [1.82, 2.24) is 10.2 Å². The minimum Gasteiger partial charge on any atom is -0.481 e. The van der Waals surface area contributed by atoms with Gasteiger partial charge in [-0.05, 0) is 34.6 Å². The SMILES string of the molecule is CCC(NC(=O)OCC1c2ccccc2-c2ccccc21)C(=O)N1C[C@H](C(=O)O)[C@@H](C)C1. The van der Waals surface area contributed by atoms with Crippen LogP contribution in [-0.4, -0.2) is 53.7 Å². The summed E-state index contributed by atoms with van der Waals surface area (Å²) in [4.78, 5) is 38.3. The molecule has 2 aliphatic rings.